The van der Waals surface area contributed by atoms with Crippen molar-refractivity contribution in [3.63, 3.8) is 0 Å². The van der Waals surface area contributed by atoms with E-state index >= 15 is 0 Å². The zero-order valence-electron chi connectivity index (χ0n) is 20.1. The summed E-state index contributed by atoms with van der Waals surface area (Å²) < 4.78 is 9.88. The topological polar surface area (TPSA) is 140 Å². The third-order valence-corrected chi connectivity index (χ3v) is 4.57. The molecule has 0 aromatic heterocycles. The molecule has 0 unspecified atom stereocenters. The first-order chi connectivity index (χ1) is 15.9. The Morgan fingerprint density at radius 1 is 0.588 bits per heavy atom. The van der Waals surface area contributed by atoms with Crippen LogP contribution in [0.3, 0.4) is 0 Å². The number of ether oxygens (including phenoxy) is 2. The predicted molar refractivity (Wildman–Crippen MR) is 131 cm³/mol. The number of rotatable bonds is 3. The number of benzene rings is 3. The standard InChI is InChI=1S/C9H12O3.C9H10O3.C8H10O2/c1-6-4-7(11-2)9(10)8(5-6)12-3;1-2-3-6-4-7(10)9(12)8(11)5-6;1-5-3-7(9)6(2)8(10)4-5/h4-5,10H,1-3H3;2-5,10-12H,1H3;3-4,9-10H,1-2H3. The lowest BCUT2D eigenvalue weighted by atomic mass is 10.1. The second-order valence-electron chi connectivity index (χ2n) is 7.35. The number of aromatic hydroxyl groups is 6. The summed E-state index contributed by atoms with van der Waals surface area (Å²) in [6.07, 6.45) is 3.48. The molecule has 0 amide bonds. The van der Waals surface area contributed by atoms with Crippen molar-refractivity contribution in [3.05, 3.63) is 64.7 Å². The van der Waals surface area contributed by atoms with Gasteiger partial charge in [0.1, 0.15) is 11.5 Å². The third-order valence-electron chi connectivity index (χ3n) is 4.57. The van der Waals surface area contributed by atoms with E-state index in [4.69, 9.17) is 35.0 Å². The second-order valence-corrected chi connectivity index (χ2v) is 7.35. The molecule has 0 aliphatic heterocycles. The summed E-state index contributed by atoms with van der Waals surface area (Å²) in [5.41, 5.74) is 3.03. The lowest BCUT2D eigenvalue weighted by Crippen LogP contribution is -1.89. The van der Waals surface area contributed by atoms with Gasteiger partial charge in [0.15, 0.2) is 28.7 Å². The molecule has 0 spiro atoms. The summed E-state index contributed by atoms with van der Waals surface area (Å²) in [6.45, 7) is 7.22. The summed E-state index contributed by atoms with van der Waals surface area (Å²) in [4.78, 5) is 0. The Balaban J connectivity index is 0.000000256. The first-order valence-electron chi connectivity index (χ1n) is 10.2. The number of hydrogen-bond acceptors (Lipinski definition) is 8. The molecule has 0 bridgehead atoms. The van der Waals surface area contributed by atoms with E-state index in [0.29, 0.717) is 22.6 Å². The Kier molecular flexibility index (Phi) is 10.4. The molecule has 184 valence electrons. The molecular weight excluding hydrogens is 440 g/mol. The predicted octanol–water partition coefficient (Wildman–Crippen LogP) is 5.27. The molecule has 3 aromatic carbocycles. The summed E-state index contributed by atoms with van der Waals surface area (Å²) in [7, 11) is 3.02. The van der Waals surface area contributed by atoms with Gasteiger partial charge < -0.3 is 40.1 Å². The number of aryl methyl sites for hydroxylation is 2. The highest BCUT2D eigenvalue weighted by Gasteiger charge is 2.08. The van der Waals surface area contributed by atoms with Gasteiger partial charge in [-0.1, -0.05) is 12.2 Å². The van der Waals surface area contributed by atoms with Crippen LogP contribution in [-0.4, -0.2) is 44.9 Å². The van der Waals surface area contributed by atoms with Crippen LogP contribution in [0.25, 0.3) is 6.08 Å². The highest BCUT2D eigenvalue weighted by Crippen LogP contribution is 2.37. The average Bonchev–Trinajstić information content (AvgIpc) is 2.78. The van der Waals surface area contributed by atoms with Crippen molar-refractivity contribution in [3.8, 4) is 46.0 Å². The average molecular weight is 473 g/mol. The number of methoxy groups -OCH3 is 2. The normalized spacial score (nSPS) is 10.1. The maximum absolute atomic E-state index is 9.46. The Morgan fingerprint density at radius 2 is 1.00 bits per heavy atom. The van der Waals surface area contributed by atoms with Crippen LogP contribution in [-0.2, 0) is 0 Å². The van der Waals surface area contributed by atoms with E-state index in [0.717, 1.165) is 11.1 Å². The van der Waals surface area contributed by atoms with Crippen LogP contribution in [0, 0.1) is 20.8 Å². The van der Waals surface area contributed by atoms with E-state index in [1.54, 1.807) is 43.3 Å². The number of phenols is 6. The van der Waals surface area contributed by atoms with Crippen LogP contribution in [0.1, 0.15) is 29.2 Å². The maximum Gasteiger partial charge on any atom is 0.200 e. The molecule has 3 aromatic rings. The van der Waals surface area contributed by atoms with Crippen molar-refractivity contribution in [2.45, 2.75) is 27.7 Å². The van der Waals surface area contributed by atoms with Gasteiger partial charge in [0.2, 0.25) is 5.75 Å². The highest BCUT2D eigenvalue weighted by atomic mass is 16.5. The summed E-state index contributed by atoms with van der Waals surface area (Å²) in [5.74, 6) is 0.105. The van der Waals surface area contributed by atoms with Gasteiger partial charge in [-0.05, 0) is 80.8 Å². The fraction of sp³-hybridized carbons (Fsp3) is 0.231. The minimum Gasteiger partial charge on any atom is -0.508 e. The molecular formula is C26H32O8. The monoisotopic (exact) mass is 472 g/mol. The third kappa shape index (κ3) is 7.74. The van der Waals surface area contributed by atoms with Gasteiger partial charge in [0, 0.05) is 5.56 Å². The van der Waals surface area contributed by atoms with Gasteiger partial charge in [-0.3, -0.25) is 0 Å². The van der Waals surface area contributed by atoms with Crippen LogP contribution < -0.4 is 9.47 Å². The molecule has 0 radical (unpaired) electrons. The first-order valence-corrected chi connectivity index (χ1v) is 10.2. The van der Waals surface area contributed by atoms with Gasteiger partial charge in [0.25, 0.3) is 0 Å². The highest BCUT2D eigenvalue weighted by molar-refractivity contribution is 5.60. The molecule has 8 heteroatoms. The molecule has 8 nitrogen and oxygen atoms in total. The van der Waals surface area contributed by atoms with E-state index in [9.17, 15) is 5.11 Å². The lowest BCUT2D eigenvalue weighted by molar-refractivity contribution is 0.339. The van der Waals surface area contributed by atoms with E-state index in [1.165, 1.54) is 26.4 Å². The molecule has 0 fully saturated rings. The molecule has 0 aliphatic rings. The van der Waals surface area contributed by atoms with Crippen molar-refractivity contribution < 1.29 is 40.1 Å². The zero-order valence-corrected chi connectivity index (χ0v) is 20.1. The number of allylic oxidation sites excluding steroid dienone is 1. The molecule has 34 heavy (non-hydrogen) atoms. The minimum atomic E-state index is -0.483. The largest absolute Gasteiger partial charge is 0.508 e. The van der Waals surface area contributed by atoms with Crippen LogP contribution in [0.2, 0.25) is 0 Å². The minimum absolute atomic E-state index is 0.0469. The van der Waals surface area contributed by atoms with E-state index in [-0.39, 0.29) is 28.7 Å². The fourth-order valence-corrected chi connectivity index (χ4v) is 2.76. The fourth-order valence-electron chi connectivity index (χ4n) is 2.76. The Labute approximate surface area is 199 Å². The number of phenolic OH excluding ortho intramolecular Hbond substituents is 6. The SMILES string of the molecule is CC=Cc1cc(O)c(O)c(O)c1.COc1cc(C)cc(OC)c1O.Cc1cc(O)c(C)c(O)c1. The van der Waals surface area contributed by atoms with Gasteiger partial charge in [-0.25, -0.2) is 0 Å². The van der Waals surface area contributed by atoms with Gasteiger partial charge in [-0.2, -0.15) is 0 Å². The first kappa shape index (κ1) is 27.8. The molecule has 0 saturated carbocycles. The van der Waals surface area contributed by atoms with E-state index < -0.39 is 5.75 Å². The molecule has 6 N–H and O–H groups in total. The van der Waals surface area contributed by atoms with Crippen LogP contribution in [0.4, 0.5) is 0 Å². The lowest BCUT2D eigenvalue weighted by Gasteiger charge is -2.08. The Bertz CT molecular complexity index is 1060. The quantitative estimate of drug-likeness (QED) is 0.283. The van der Waals surface area contributed by atoms with Crippen LogP contribution >= 0.6 is 0 Å². The molecule has 3 rings (SSSR count). The van der Waals surface area contributed by atoms with Crippen molar-refractivity contribution >= 4 is 6.08 Å². The van der Waals surface area contributed by atoms with Gasteiger partial charge >= 0.3 is 0 Å². The molecule has 0 heterocycles. The summed E-state index contributed by atoms with van der Waals surface area (Å²) in [5, 5.41) is 54.8. The molecule has 0 atom stereocenters. The van der Waals surface area contributed by atoms with Gasteiger partial charge in [0.05, 0.1) is 14.2 Å². The van der Waals surface area contributed by atoms with Crippen molar-refractivity contribution in [1.82, 2.24) is 0 Å². The zero-order chi connectivity index (χ0) is 26.0. The van der Waals surface area contributed by atoms with Crippen molar-refractivity contribution in [2.24, 2.45) is 0 Å². The maximum atomic E-state index is 9.46. The van der Waals surface area contributed by atoms with Crippen molar-refractivity contribution in [1.29, 1.82) is 0 Å². The smallest absolute Gasteiger partial charge is 0.200 e. The van der Waals surface area contributed by atoms with Crippen LogP contribution in [0.5, 0.6) is 46.0 Å². The Morgan fingerprint density at radius 3 is 1.38 bits per heavy atom. The van der Waals surface area contributed by atoms with Crippen molar-refractivity contribution in [2.75, 3.05) is 14.2 Å². The van der Waals surface area contributed by atoms with Crippen LogP contribution in [0.15, 0.2) is 42.5 Å². The Hall–Kier alpha value is -4.20. The van der Waals surface area contributed by atoms with Gasteiger partial charge in [-0.15, -0.1) is 0 Å². The second kappa shape index (κ2) is 12.7. The van der Waals surface area contributed by atoms with E-state index in [1.807, 2.05) is 20.8 Å². The van der Waals surface area contributed by atoms with E-state index in [2.05, 4.69) is 0 Å². The molecule has 0 aliphatic carbocycles. The summed E-state index contributed by atoms with van der Waals surface area (Å²) in [6, 6.07) is 9.48. The molecule has 0 saturated heterocycles. The number of hydrogen-bond donors (Lipinski definition) is 6. The summed E-state index contributed by atoms with van der Waals surface area (Å²) >= 11 is 0.